The average Bonchev–Trinajstić information content (AvgIpc) is 3.13. The van der Waals surface area contributed by atoms with E-state index in [1.54, 1.807) is 25.3 Å². The van der Waals surface area contributed by atoms with Gasteiger partial charge in [-0.15, -0.1) is 24.0 Å². The molecule has 0 bridgehead atoms. The van der Waals surface area contributed by atoms with Gasteiger partial charge in [-0.1, -0.05) is 6.92 Å². The topological polar surface area (TPSA) is 73.0 Å². The fourth-order valence-electron chi connectivity index (χ4n) is 3.38. The molecule has 1 aromatic rings. The Morgan fingerprint density at radius 1 is 1.37 bits per heavy atom. The number of guanidine groups is 1. The molecule has 156 valence electrons. The molecule has 2 unspecified atom stereocenters. The highest BCUT2D eigenvalue weighted by Crippen LogP contribution is 2.24. The predicted molar refractivity (Wildman–Crippen MR) is 122 cm³/mol. The first-order valence-electron chi connectivity index (χ1n) is 9.78. The van der Waals surface area contributed by atoms with Crippen LogP contribution >= 0.6 is 24.0 Å². The van der Waals surface area contributed by atoms with Gasteiger partial charge in [0.15, 0.2) is 5.96 Å². The van der Waals surface area contributed by atoms with E-state index in [0.717, 1.165) is 31.5 Å². The molecule has 1 fully saturated rings. The monoisotopic (exact) mass is 492 g/mol. The molecule has 0 amide bonds. The largest absolute Gasteiger partial charge is 0.466 e. The van der Waals surface area contributed by atoms with Gasteiger partial charge in [0.2, 0.25) is 0 Å². The second-order valence-corrected chi connectivity index (χ2v) is 8.31. The molecule has 0 spiro atoms. The maximum atomic E-state index is 10.6. The Morgan fingerprint density at radius 3 is 2.70 bits per heavy atom. The molecule has 2 atom stereocenters. The molecule has 1 saturated heterocycles. The molecule has 1 aliphatic heterocycles. The standard InChI is InChI=1S/C20H36N4O2.HI/c1-6-21-18(23-15-20(5,25)17-10-8-12-26-17)22-14-19(3,4)24-11-7-9-16(2)13-24;/h8,10,12,16,25H,6-7,9,11,13-15H2,1-5H3,(H2,21,22,23);1H. The quantitative estimate of drug-likeness (QED) is 0.310. The predicted octanol–water partition coefficient (Wildman–Crippen LogP) is 3.17. The van der Waals surface area contributed by atoms with Crippen molar-refractivity contribution in [3.63, 3.8) is 0 Å². The maximum Gasteiger partial charge on any atom is 0.191 e. The van der Waals surface area contributed by atoms with Crippen LogP contribution in [0.5, 0.6) is 0 Å². The van der Waals surface area contributed by atoms with E-state index in [9.17, 15) is 5.11 Å². The summed E-state index contributed by atoms with van der Waals surface area (Å²) < 4.78 is 5.34. The zero-order valence-electron chi connectivity index (χ0n) is 17.4. The van der Waals surface area contributed by atoms with Crippen LogP contribution < -0.4 is 10.6 Å². The molecule has 6 nitrogen and oxygen atoms in total. The number of nitrogens with zero attached hydrogens (tertiary/aromatic N) is 2. The van der Waals surface area contributed by atoms with Gasteiger partial charge < -0.3 is 20.2 Å². The Labute approximate surface area is 181 Å². The average molecular weight is 492 g/mol. The van der Waals surface area contributed by atoms with Gasteiger partial charge in [-0.25, -0.2) is 0 Å². The number of hydrogen-bond donors (Lipinski definition) is 3. The lowest BCUT2D eigenvalue weighted by Crippen LogP contribution is -2.51. The van der Waals surface area contributed by atoms with Crippen molar-refractivity contribution in [3.8, 4) is 0 Å². The highest BCUT2D eigenvalue weighted by molar-refractivity contribution is 14.0. The molecular weight excluding hydrogens is 455 g/mol. The molecule has 2 heterocycles. The van der Waals surface area contributed by atoms with Crippen LogP contribution in [0.2, 0.25) is 0 Å². The molecule has 27 heavy (non-hydrogen) atoms. The third-order valence-corrected chi connectivity index (χ3v) is 5.13. The molecule has 0 saturated carbocycles. The third kappa shape index (κ3) is 7.27. The first-order chi connectivity index (χ1) is 12.2. The van der Waals surface area contributed by atoms with Gasteiger partial charge >= 0.3 is 0 Å². The lowest BCUT2D eigenvalue weighted by atomic mass is 9.94. The van der Waals surface area contributed by atoms with Crippen molar-refractivity contribution in [2.75, 3.05) is 32.7 Å². The lowest BCUT2D eigenvalue weighted by Gasteiger charge is -2.42. The zero-order valence-corrected chi connectivity index (χ0v) is 19.7. The van der Waals surface area contributed by atoms with Crippen LogP contribution in [0.1, 0.15) is 53.2 Å². The number of aliphatic imine (C=N–C) groups is 1. The minimum atomic E-state index is -1.09. The minimum Gasteiger partial charge on any atom is -0.466 e. The summed E-state index contributed by atoms with van der Waals surface area (Å²) in [6, 6.07) is 3.57. The van der Waals surface area contributed by atoms with Crippen molar-refractivity contribution >= 4 is 29.9 Å². The summed E-state index contributed by atoms with van der Waals surface area (Å²) in [6.07, 6.45) is 4.16. The van der Waals surface area contributed by atoms with E-state index >= 15 is 0 Å². The number of aliphatic hydroxyl groups is 1. The van der Waals surface area contributed by atoms with Gasteiger partial charge in [0.1, 0.15) is 11.4 Å². The second-order valence-electron chi connectivity index (χ2n) is 8.31. The van der Waals surface area contributed by atoms with Crippen molar-refractivity contribution in [2.45, 2.75) is 58.6 Å². The van der Waals surface area contributed by atoms with Gasteiger partial charge in [-0.05, 0) is 65.1 Å². The molecule has 3 N–H and O–H groups in total. The zero-order chi connectivity index (χ0) is 19.2. The molecule has 0 radical (unpaired) electrons. The number of halogens is 1. The summed E-state index contributed by atoms with van der Waals surface area (Å²) in [7, 11) is 0. The maximum absolute atomic E-state index is 10.6. The minimum absolute atomic E-state index is 0. The number of furan rings is 1. The number of hydrogen-bond acceptors (Lipinski definition) is 4. The van der Waals surface area contributed by atoms with Gasteiger partial charge in [0, 0.05) is 18.6 Å². The van der Waals surface area contributed by atoms with E-state index in [4.69, 9.17) is 9.41 Å². The van der Waals surface area contributed by atoms with Crippen LogP contribution in [-0.2, 0) is 5.60 Å². The van der Waals surface area contributed by atoms with E-state index in [2.05, 4.69) is 36.3 Å². The number of rotatable bonds is 7. The highest BCUT2D eigenvalue weighted by Gasteiger charge is 2.30. The van der Waals surface area contributed by atoms with Crippen LogP contribution in [0.3, 0.4) is 0 Å². The van der Waals surface area contributed by atoms with E-state index in [1.165, 1.54) is 12.8 Å². The number of nitrogens with one attached hydrogen (secondary N) is 2. The SMILES string of the molecule is CCNC(=NCC(C)(C)N1CCCC(C)C1)NCC(C)(O)c1ccco1.I. The van der Waals surface area contributed by atoms with Crippen molar-refractivity contribution in [2.24, 2.45) is 10.9 Å². The Hall–Kier alpha value is -0.800. The molecule has 1 aromatic heterocycles. The first kappa shape index (κ1) is 24.2. The van der Waals surface area contributed by atoms with Crippen LogP contribution in [0.15, 0.2) is 27.8 Å². The molecule has 0 aromatic carbocycles. The van der Waals surface area contributed by atoms with Crippen molar-refractivity contribution in [1.29, 1.82) is 0 Å². The molecule has 2 rings (SSSR count). The van der Waals surface area contributed by atoms with Crippen LogP contribution in [0, 0.1) is 5.92 Å². The summed E-state index contributed by atoms with van der Waals surface area (Å²) in [6.45, 7) is 14.7. The van der Waals surface area contributed by atoms with Gasteiger partial charge in [-0.2, -0.15) is 0 Å². The van der Waals surface area contributed by atoms with Gasteiger partial charge in [0.25, 0.3) is 0 Å². The summed E-state index contributed by atoms with van der Waals surface area (Å²) in [5, 5.41) is 17.1. The summed E-state index contributed by atoms with van der Waals surface area (Å²) >= 11 is 0. The smallest absolute Gasteiger partial charge is 0.191 e. The van der Waals surface area contributed by atoms with Crippen LogP contribution in [-0.4, -0.2) is 54.2 Å². The Morgan fingerprint density at radius 2 is 2.11 bits per heavy atom. The van der Waals surface area contributed by atoms with Crippen LogP contribution in [0.4, 0.5) is 0 Å². The molecular formula is C20H37IN4O2. The van der Waals surface area contributed by atoms with E-state index in [0.29, 0.717) is 18.8 Å². The molecule has 7 heteroatoms. The van der Waals surface area contributed by atoms with Gasteiger partial charge in [-0.3, -0.25) is 9.89 Å². The lowest BCUT2D eigenvalue weighted by molar-refractivity contribution is 0.0385. The highest BCUT2D eigenvalue weighted by atomic mass is 127. The fourth-order valence-corrected chi connectivity index (χ4v) is 3.38. The van der Waals surface area contributed by atoms with E-state index < -0.39 is 5.60 Å². The van der Waals surface area contributed by atoms with Crippen molar-refractivity contribution in [1.82, 2.24) is 15.5 Å². The Bertz CT molecular complexity index is 573. The number of likely N-dealkylation sites (tertiary alicyclic amines) is 1. The van der Waals surface area contributed by atoms with Crippen LogP contribution in [0.25, 0.3) is 0 Å². The molecule has 1 aliphatic rings. The summed E-state index contributed by atoms with van der Waals surface area (Å²) in [5.74, 6) is 2.02. The Balaban J connectivity index is 0.00000364. The normalized spacial score (nSPS) is 21.3. The summed E-state index contributed by atoms with van der Waals surface area (Å²) in [5.41, 5.74) is -1.07. The number of piperidine rings is 1. The van der Waals surface area contributed by atoms with Crippen molar-refractivity contribution < 1.29 is 9.52 Å². The third-order valence-electron chi connectivity index (χ3n) is 5.13. The Kier molecular flexibility index (Phi) is 9.57. The van der Waals surface area contributed by atoms with Gasteiger partial charge in [0.05, 0.1) is 19.4 Å². The first-order valence-corrected chi connectivity index (χ1v) is 9.78. The second kappa shape index (κ2) is 10.7. The van der Waals surface area contributed by atoms with E-state index in [1.807, 2.05) is 6.92 Å². The molecule has 0 aliphatic carbocycles. The summed E-state index contributed by atoms with van der Waals surface area (Å²) in [4.78, 5) is 7.33. The van der Waals surface area contributed by atoms with E-state index in [-0.39, 0.29) is 29.5 Å². The van der Waals surface area contributed by atoms with Crippen molar-refractivity contribution in [3.05, 3.63) is 24.2 Å². The fraction of sp³-hybridized carbons (Fsp3) is 0.750.